The molecule has 0 aliphatic carbocycles. The quantitative estimate of drug-likeness (QED) is 0.355. The molecule has 0 bridgehead atoms. The fourth-order valence-electron chi connectivity index (χ4n) is 0.0680. The van der Waals surface area contributed by atoms with E-state index in [0.29, 0.717) is 5.88 Å². The minimum absolute atomic E-state index is 0. The molecule has 0 saturated carbocycles. The molecule has 0 radical (unpaired) electrons. The van der Waals surface area contributed by atoms with Crippen molar-refractivity contribution in [3.05, 3.63) is 0 Å². The van der Waals surface area contributed by atoms with Gasteiger partial charge in [-0.1, -0.05) is 0 Å². The summed E-state index contributed by atoms with van der Waals surface area (Å²) in [6.45, 7) is 0.0849. The molecule has 0 heterocycles. The number of aliphatic hydroxyl groups excluding tert-OH is 1. The van der Waals surface area contributed by atoms with Crippen LogP contribution >= 0.6 is 28.1 Å². The molecule has 2 unspecified atom stereocenters. The van der Waals surface area contributed by atoms with Gasteiger partial charge in [0.25, 0.3) is 0 Å². The van der Waals surface area contributed by atoms with Gasteiger partial charge < -0.3 is 24.0 Å². The van der Waals surface area contributed by atoms with Crippen LogP contribution in [-0.4, -0.2) is 27.7 Å². The van der Waals surface area contributed by atoms with Gasteiger partial charge in [0.05, 0.1) is 6.61 Å². The molecule has 0 aromatic rings. The monoisotopic (exact) mass is 233 g/mol. The maximum Gasteiger partial charge on any atom is 2.00 e. The van der Waals surface area contributed by atoms with Crippen molar-refractivity contribution < 1.29 is 28.3 Å². The van der Waals surface area contributed by atoms with E-state index < -0.39 is 16.5 Å². The first kappa shape index (κ1) is 18.5. The van der Waals surface area contributed by atoms with Gasteiger partial charge >= 0.3 is 10.1 Å². The summed E-state index contributed by atoms with van der Waals surface area (Å²) in [6, 6.07) is 0. The Bertz CT molecular complexity index is 119. The Morgan fingerprint density at radius 2 is 1.58 bits per heavy atom. The molecule has 0 saturated heterocycles. The largest absolute Gasteiger partial charge is 2.00 e. The van der Waals surface area contributed by atoms with E-state index in [1.807, 2.05) is 0 Å². The molecule has 1 N–H and O–H groups in total. The first-order valence-corrected chi connectivity index (χ1v) is 5.29. The van der Waals surface area contributed by atoms with Crippen LogP contribution in [0, 0.1) is 0 Å². The second-order valence-electron chi connectivity index (χ2n) is 1.01. The average molecular weight is 233 g/mol. The Morgan fingerprint density at radius 1 is 1.33 bits per heavy atom. The second-order valence-corrected chi connectivity index (χ2v) is 3.21. The molecule has 12 heavy (non-hydrogen) atoms. The van der Waals surface area contributed by atoms with E-state index in [4.69, 9.17) is 16.7 Å². The third kappa shape index (κ3) is 30.9. The van der Waals surface area contributed by atoms with Crippen LogP contribution in [0.2, 0.25) is 0 Å². The number of hydrogen-bond donors (Lipinski definition) is 1. The molecule has 6 nitrogen and oxygen atoms in total. The topological polar surface area (TPSA) is 110 Å². The van der Waals surface area contributed by atoms with Gasteiger partial charge in [-0.25, -0.2) is 0 Å². The van der Waals surface area contributed by atoms with E-state index in [0.717, 1.165) is 0 Å². The standard InChI is InChI=1S/C2H5ClO.Be.H4O5P2/c3-1-2-4;;1-6(2)5-7(3)4/h4H,1-2H2;;6-7H,(H,1,2)(H,3,4)/q;+2;/p-2. The summed E-state index contributed by atoms with van der Waals surface area (Å²) >= 11 is 4.94. The molecule has 0 aliphatic rings. The van der Waals surface area contributed by atoms with E-state index in [1.165, 1.54) is 0 Å². The molecular formula is C2H7BeClO6P2. The molecule has 0 fully saturated rings. The Labute approximate surface area is 79.6 Å². The van der Waals surface area contributed by atoms with E-state index in [-0.39, 0.29) is 16.7 Å². The summed E-state index contributed by atoms with van der Waals surface area (Å²) in [6.07, 6.45) is 0. The summed E-state index contributed by atoms with van der Waals surface area (Å²) in [5.41, 5.74) is 0. The normalized spacial score (nSPS) is 13.3. The number of aliphatic hydroxyl groups is 1. The summed E-state index contributed by atoms with van der Waals surface area (Å²) in [7, 11) is -7.03. The molecule has 0 aliphatic heterocycles. The second kappa shape index (κ2) is 14.3. The van der Waals surface area contributed by atoms with Gasteiger partial charge in [0, 0.05) is 5.88 Å². The van der Waals surface area contributed by atoms with Crippen LogP contribution in [0.4, 0.5) is 0 Å². The average Bonchev–Trinajstić information content (AvgIpc) is 1.85. The third-order valence-electron chi connectivity index (χ3n) is 0.251. The van der Waals surface area contributed by atoms with Crippen molar-refractivity contribution in [2.75, 3.05) is 12.5 Å². The van der Waals surface area contributed by atoms with E-state index in [2.05, 4.69) is 4.31 Å². The van der Waals surface area contributed by atoms with Gasteiger partial charge in [0.2, 0.25) is 0 Å². The fourth-order valence-corrected chi connectivity index (χ4v) is 0.612. The molecule has 10 heteroatoms. The van der Waals surface area contributed by atoms with E-state index in [9.17, 15) is 18.9 Å². The molecular weight excluding hydrogens is 226 g/mol. The van der Waals surface area contributed by atoms with Crippen LogP contribution in [0.15, 0.2) is 0 Å². The number of rotatable bonds is 3. The molecule has 0 spiro atoms. The van der Waals surface area contributed by atoms with Crippen LogP contribution < -0.4 is 9.79 Å². The van der Waals surface area contributed by atoms with Crippen LogP contribution in [0.1, 0.15) is 0 Å². The first-order chi connectivity index (χ1) is 5.04. The van der Waals surface area contributed by atoms with Crippen molar-refractivity contribution in [1.29, 1.82) is 0 Å². The van der Waals surface area contributed by atoms with Crippen molar-refractivity contribution in [1.82, 2.24) is 0 Å². The maximum absolute atomic E-state index is 9.29. The maximum atomic E-state index is 9.29. The molecule has 70 valence electrons. The van der Waals surface area contributed by atoms with Crippen LogP contribution in [0.3, 0.4) is 0 Å². The van der Waals surface area contributed by atoms with Crippen molar-refractivity contribution >= 4 is 38.2 Å². The van der Waals surface area contributed by atoms with Crippen molar-refractivity contribution in [2.45, 2.75) is 0 Å². The van der Waals surface area contributed by atoms with E-state index in [1.54, 1.807) is 0 Å². The number of hydrogen-bond acceptors (Lipinski definition) is 6. The van der Waals surface area contributed by atoms with Crippen LogP contribution in [0.5, 0.6) is 0 Å². The Balaban J connectivity index is -0.000000142. The number of alkyl halides is 1. The van der Waals surface area contributed by atoms with Crippen molar-refractivity contribution in [2.24, 2.45) is 0 Å². The van der Waals surface area contributed by atoms with Gasteiger partial charge in [-0.3, -0.25) is 4.31 Å². The predicted molar refractivity (Wildman–Crippen MR) is 42.6 cm³/mol. The first-order valence-electron chi connectivity index (χ1n) is 2.31. The molecule has 0 aromatic heterocycles. The van der Waals surface area contributed by atoms with Crippen LogP contribution in [-0.2, 0) is 13.4 Å². The number of halogens is 1. The van der Waals surface area contributed by atoms with Crippen LogP contribution in [0.25, 0.3) is 0 Å². The molecule has 0 aromatic carbocycles. The Hall–Kier alpha value is 0.759. The van der Waals surface area contributed by atoms with E-state index >= 15 is 0 Å². The molecule has 2 atom stereocenters. The third-order valence-corrected chi connectivity index (χ3v) is 1.75. The van der Waals surface area contributed by atoms with Gasteiger partial charge in [-0.2, -0.15) is 0 Å². The van der Waals surface area contributed by atoms with Crippen molar-refractivity contribution in [3.63, 3.8) is 0 Å². The van der Waals surface area contributed by atoms with Crippen molar-refractivity contribution in [3.8, 4) is 0 Å². The zero-order valence-corrected chi connectivity index (χ0v) is 8.74. The smallest absolute Gasteiger partial charge is 0.781 e. The van der Waals surface area contributed by atoms with Gasteiger partial charge in [0.1, 0.15) is 16.5 Å². The SMILES string of the molecule is O=[PH]([O-])O[PH](=O)[O-].OCCCl.[Be+2]. The molecule has 0 amide bonds. The predicted octanol–water partition coefficient (Wildman–Crippen LogP) is -1.66. The summed E-state index contributed by atoms with van der Waals surface area (Å²) in [4.78, 5) is 18.6. The minimum Gasteiger partial charge on any atom is -0.781 e. The summed E-state index contributed by atoms with van der Waals surface area (Å²) in [5.74, 6) is 0.347. The zero-order valence-electron chi connectivity index (χ0n) is 5.99. The summed E-state index contributed by atoms with van der Waals surface area (Å²) in [5, 5.41) is 7.74. The fraction of sp³-hybridized carbons (Fsp3) is 1.00. The summed E-state index contributed by atoms with van der Waals surface area (Å²) < 4.78 is 21.8. The molecule has 0 rings (SSSR count). The van der Waals surface area contributed by atoms with Gasteiger partial charge in [-0.05, 0) is 0 Å². The minimum atomic E-state index is -3.51. The van der Waals surface area contributed by atoms with Gasteiger partial charge in [-0.15, -0.1) is 11.6 Å². The Morgan fingerprint density at radius 3 is 1.58 bits per heavy atom. The Kier molecular flexibility index (Phi) is 22.1. The zero-order chi connectivity index (χ0) is 9.28. The van der Waals surface area contributed by atoms with Gasteiger partial charge in [0.15, 0.2) is 0 Å².